The lowest BCUT2D eigenvalue weighted by Gasteiger charge is -2.37. The molecule has 1 heterocycles. The highest BCUT2D eigenvalue weighted by atomic mass is 16.5. The molecule has 1 saturated heterocycles. The molecule has 2 aliphatic rings. The molecule has 5 heteroatoms. The van der Waals surface area contributed by atoms with Gasteiger partial charge in [-0.2, -0.15) is 0 Å². The van der Waals surface area contributed by atoms with Gasteiger partial charge in [0.1, 0.15) is 5.75 Å². The molecule has 24 heavy (non-hydrogen) atoms. The number of hydrogen-bond donors (Lipinski definition) is 1. The highest BCUT2D eigenvalue weighted by molar-refractivity contribution is 5.95. The average Bonchev–Trinajstić information content (AvgIpc) is 3.07. The van der Waals surface area contributed by atoms with Gasteiger partial charge < -0.3 is 14.7 Å². The zero-order valence-electron chi connectivity index (χ0n) is 14.2. The predicted octanol–water partition coefficient (Wildman–Crippen LogP) is 3.33. The number of carboxylic acids is 1. The molecule has 3 rings (SSSR count). The molecule has 0 aromatic heterocycles. The highest BCUT2D eigenvalue weighted by Crippen LogP contribution is 2.31. The van der Waals surface area contributed by atoms with Gasteiger partial charge in [0, 0.05) is 18.7 Å². The van der Waals surface area contributed by atoms with Gasteiger partial charge in [-0.15, -0.1) is 0 Å². The third-order valence-electron chi connectivity index (χ3n) is 5.19. The molecule has 1 saturated carbocycles. The fourth-order valence-corrected chi connectivity index (χ4v) is 3.67. The molecule has 1 aliphatic heterocycles. The number of aliphatic carboxylic acids is 1. The summed E-state index contributed by atoms with van der Waals surface area (Å²) in [5.41, 5.74) is -0.286. The van der Waals surface area contributed by atoms with Crippen LogP contribution >= 0.6 is 0 Å². The molecule has 1 atom stereocenters. The molecule has 1 aromatic rings. The van der Waals surface area contributed by atoms with E-state index in [0.29, 0.717) is 24.9 Å². The van der Waals surface area contributed by atoms with E-state index >= 15 is 0 Å². The van der Waals surface area contributed by atoms with Gasteiger partial charge in [-0.3, -0.25) is 9.59 Å². The van der Waals surface area contributed by atoms with E-state index < -0.39 is 11.4 Å². The Morgan fingerprint density at radius 2 is 2.00 bits per heavy atom. The second-order valence-electron chi connectivity index (χ2n) is 7.25. The number of rotatable bonds is 4. The number of carbonyl (C=O) groups is 2. The average molecular weight is 331 g/mol. The maximum atomic E-state index is 12.8. The van der Waals surface area contributed by atoms with Gasteiger partial charge >= 0.3 is 5.97 Å². The third-order valence-corrected chi connectivity index (χ3v) is 5.19. The van der Waals surface area contributed by atoms with Crippen LogP contribution in [-0.2, 0) is 4.79 Å². The minimum Gasteiger partial charge on any atom is -0.490 e. The number of benzene rings is 1. The molecular formula is C19H25NO4. The van der Waals surface area contributed by atoms with Crippen molar-refractivity contribution in [3.8, 4) is 5.75 Å². The Bertz CT molecular complexity index is 624. The number of ether oxygens (including phenoxy) is 1. The molecule has 130 valence electrons. The molecular weight excluding hydrogens is 306 g/mol. The Kier molecular flexibility index (Phi) is 4.78. The maximum Gasteiger partial charge on any atom is 0.311 e. The van der Waals surface area contributed by atoms with Crippen molar-refractivity contribution in [3.05, 3.63) is 29.8 Å². The van der Waals surface area contributed by atoms with Crippen LogP contribution in [0.2, 0.25) is 0 Å². The second-order valence-corrected chi connectivity index (χ2v) is 7.25. The van der Waals surface area contributed by atoms with Crippen LogP contribution in [-0.4, -0.2) is 41.1 Å². The van der Waals surface area contributed by atoms with Crippen molar-refractivity contribution in [3.63, 3.8) is 0 Å². The van der Waals surface area contributed by atoms with Crippen LogP contribution in [0.3, 0.4) is 0 Å². The Balaban J connectivity index is 1.71. The van der Waals surface area contributed by atoms with Crippen molar-refractivity contribution in [1.82, 2.24) is 4.90 Å². The monoisotopic (exact) mass is 331 g/mol. The number of nitrogens with zero attached hydrogens (tertiary/aromatic N) is 1. The topological polar surface area (TPSA) is 66.8 Å². The van der Waals surface area contributed by atoms with Crippen molar-refractivity contribution in [2.24, 2.45) is 5.41 Å². The van der Waals surface area contributed by atoms with Gasteiger partial charge in [-0.1, -0.05) is 6.07 Å². The Labute approximate surface area is 142 Å². The smallest absolute Gasteiger partial charge is 0.311 e. The van der Waals surface area contributed by atoms with E-state index in [1.807, 2.05) is 12.1 Å². The summed E-state index contributed by atoms with van der Waals surface area (Å²) in [5.74, 6) is -0.219. The summed E-state index contributed by atoms with van der Waals surface area (Å²) in [5, 5.41) is 9.41. The fraction of sp³-hybridized carbons (Fsp3) is 0.579. The number of hydrogen-bond acceptors (Lipinski definition) is 3. The van der Waals surface area contributed by atoms with Gasteiger partial charge in [0.05, 0.1) is 11.5 Å². The van der Waals surface area contributed by atoms with Crippen molar-refractivity contribution >= 4 is 11.9 Å². The fourth-order valence-electron chi connectivity index (χ4n) is 3.67. The van der Waals surface area contributed by atoms with Crippen molar-refractivity contribution in [1.29, 1.82) is 0 Å². The zero-order chi connectivity index (χ0) is 17.2. The lowest BCUT2D eigenvalue weighted by Crippen LogP contribution is -2.48. The van der Waals surface area contributed by atoms with Gasteiger partial charge in [-0.25, -0.2) is 0 Å². The Morgan fingerprint density at radius 1 is 1.25 bits per heavy atom. The summed E-state index contributed by atoms with van der Waals surface area (Å²) >= 11 is 0. The predicted molar refractivity (Wildman–Crippen MR) is 90.2 cm³/mol. The van der Waals surface area contributed by atoms with Crippen LogP contribution in [0.25, 0.3) is 0 Å². The summed E-state index contributed by atoms with van der Waals surface area (Å²) in [4.78, 5) is 25.9. The van der Waals surface area contributed by atoms with E-state index in [9.17, 15) is 14.7 Å². The number of carboxylic acid groups (broad SMARTS) is 1. The molecule has 0 bridgehead atoms. The van der Waals surface area contributed by atoms with Gasteiger partial charge in [0.25, 0.3) is 5.91 Å². The highest BCUT2D eigenvalue weighted by Gasteiger charge is 2.39. The van der Waals surface area contributed by atoms with Gasteiger partial charge in [0.15, 0.2) is 0 Å². The van der Waals surface area contributed by atoms with Crippen LogP contribution < -0.4 is 4.74 Å². The summed E-state index contributed by atoms with van der Waals surface area (Å²) < 4.78 is 5.97. The summed E-state index contributed by atoms with van der Waals surface area (Å²) in [7, 11) is 0. The number of likely N-dealkylation sites (tertiary alicyclic amines) is 1. The maximum absolute atomic E-state index is 12.8. The summed E-state index contributed by atoms with van der Waals surface area (Å²) in [6.07, 6.45) is 6.11. The number of carbonyl (C=O) groups excluding carboxylic acids is 1. The summed E-state index contributed by atoms with van der Waals surface area (Å²) in [6, 6.07) is 7.27. The van der Waals surface area contributed by atoms with Crippen LogP contribution in [0.1, 0.15) is 55.8 Å². The third kappa shape index (κ3) is 3.55. The molecule has 5 nitrogen and oxygen atoms in total. The van der Waals surface area contributed by atoms with Crippen molar-refractivity contribution < 1.29 is 19.4 Å². The SMILES string of the molecule is CC1(C(=O)O)CCCN(C(=O)c2cccc(OC3CCCC3)c2)C1. The first-order chi connectivity index (χ1) is 11.5. The van der Waals surface area contributed by atoms with Crippen molar-refractivity contribution in [2.45, 2.75) is 51.6 Å². The van der Waals surface area contributed by atoms with Crippen molar-refractivity contribution in [2.75, 3.05) is 13.1 Å². The van der Waals surface area contributed by atoms with E-state index in [4.69, 9.17) is 4.74 Å². The quantitative estimate of drug-likeness (QED) is 0.919. The molecule has 1 unspecified atom stereocenters. The van der Waals surface area contributed by atoms with E-state index in [1.54, 1.807) is 24.0 Å². The molecule has 2 fully saturated rings. The van der Waals surface area contributed by atoms with E-state index in [2.05, 4.69) is 0 Å². The second kappa shape index (κ2) is 6.83. The van der Waals surface area contributed by atoms with Gasteiger partial charge in [0.2, 0.25) is 0 Å². The minimum atomic E-state index is -0.855. The molecule has 0 radical (unpaired) electrons. The lowest BCUT2D eigenvalue weighted by atomic mass is 9.82. The van der Waals surface area contributed by atoms with E-state index in [-0.39, 0.29) is 18.6 Å². The van der Waals surface area contributed by atoms with Crippen LogP contribution in [0.4, 0.5) is 0 Å². The first kappa shape index (κ1) is 16.8. The van der Waals surface area contributed by atoms with E-state index in [0.717, 1.165) is 18.6 Å². The van der Waals surface area contributed by atoms with Gasteiger partial charge in [-0.05, 0) is 63.6 Å². The van der Waals surface area contributed by atoms with Crippen LogP contribution in [0, 0.1) is 5.41 Å². The number of piperidine rings is 1. The summed E-state index contributed by atoms with van der Waals surface area (Å²) in [6.45, 7) is 2.58. The molecule has 1 amide bonds. The largest absolute Gasteiger partial charge is 0.490 e. The zero-order valence-corrected chi connectivity index (χ0v) is 14.2. The van der Waals surface area contributed by atoms with E-state index in [1.165, 1.54) is 12.8 Å². The lowest BCUT2D eigenvalue weighted by molar-refractivity contribution is -0.150. The Hall–Kier alpha value is -2.04. The molecule has 0 spiro atoms. The number of amides is 1. The molecule has 1 N–H and O–H groups in total. The Morgan fingerprint density at radius 3 is 2.71 bits per heavy atom. The molecule has 1 aliphatic carbocycles. The van der Waals surface area contributed by atoms with Crippen LogP contribution in [0.15, 0.2) is 24.3 Å². The van der Waals surface area contributed by atoms with Crippen LogP contribution in [0.5, 0.6) is 5.75 Å². The normalized spacial score (nSPS) is 24.8. The molecule has 1 aromatic carbocycles. The standard InChI is InChI=1S/C19H25NO4/c1-19(18(22)23)10-5-11-20(13-19)17(21)14-6-4-9-16(12-14)24-15-7-2-3-8-15/h4,6,9,12,15H,2-3,5,7-8,10-11,13H2,1H3,(H,22,23). The minimum absolute atomic E-state index is 0.112. The first-order valence-electron chi connectivity index (χ1n) is 8.77. The first-order valence-corrected chi connectivity index (χ1v) is 8.77.